The lowest BCUT2D eigenvalue weighted by molar-refractivity contribution is 0.437. The van der Waals surface area contributed by atoms with Crippen molar-refractivity contribution >= 4 is 0 Å². The molecule has 1 atom stereocenters. The number of rotatable bonds is 2. The highest BCUT2D eigenvalue weighted by atomic mass is 19.2. The molecule has 2 rings (SSSR count). The zero-order valence-corrected chi connectivity index (χ0v) is 11.0. The van der Waals surface area contributed by atoms with Gasteiger partial charge in [-0.05, 0) is 37.1 Å². The summed E-state index contributed by atoms with van der Waals surface area (Å²) in [5.41, 5.74) is 6.83. The van der Waals surface area contributed by atoms with Crippen LogP contribution in [0.2, 0.25) is 0 Å². The van der Waals surface area contributed by atoms with Crippen molar-refractivity contribution < 1.29 is 17.6 Å². The van der Waals surface area contributed by atoms with Crippen LogP contribution in [-0.2, 0) is 0 Å². The van der Waals surface area contributed by atoms with Gasteiger partial charge in [-0.25, -0.2) is 17.6 Å². The topological polar surface area (TPSA) is 26.0 Å². The molecule has 0 saturated carbocycles. The van der Waals surface area contributed by atoms with E-state index in [9.17, 15) is 17.6 Å². The second kappa shape index (κ2) is 5.25. The molecule has 0 aliphatic carbocycles. The molecule has 0 heterocycles. The van der Waals surface area contributed by atoms with E-state index in [1.54, 1.807) is 19.9 Å². The minimum atomic E-state index is -1.61. The Hall–Kier alpha value is -1.88. The Labute approximate surface area is 114 Å². The zero-order chi connectivity index (χ0) is 15.0. The highest BCUT2D eigenvalue weighted by Gasteiger charge is 2.23. The van der Waals surface area contributed by atoms with Crippen LogP contribution in [0.3, 0.4) is 0 Å². The first-order valence-corrected chi connectivity index (χ1v) is 5.98. The van der Waals surface area contributed by atoms with Gasteiger partial charge in [0.25, 0.3) is 0 Å². The van der Waals surface area contributed by atoms with E-state index in [0.717, 1.165) is 12.1 Å². The van der Waals surface area contributed by atoms with Gasteiger partial charge in [-0.2, -0.15) is 0 Å². The van der Waals surface area contributed by atoms with Crippen molar-refractivity contribution in [3.05, 3.63) is 69.8 Å². The summed E-state index contributed by atoms with van der Waals surface area (Å²) in [6.45, 7) is 3.34. The SMILES string of the molecule is Cc1cc(C)c(C(N)c2ccc(F)c(F)c2F)c(F)c1. The summed E-state index contributed by atoms with van der Waals surface area (Å²) in [4.78, 5) is 0. The molecule has 106 valence electrons. The molecule has 2 N–H and O–H groups in total. The van der Waals surface area contributed by atoms with Crippen molar-refractivity contribution in [3.8, 4) is 0 Å². The zero-order valence-electron chi connectivity index (χ0n) is 11.0. The van der Waals surface area contributed by atoms with Crippen molar-refractivity contribution in [2.24, 2.45) is 5.73 Å². The summed E-state index contributed by atoms with van der Waals surface area (Å²) in [6, 6.07) is 3.55. The number of halogens is 4. The van der Waals surface area contributed by atoms with E-state index in [1.807, 2.05) is 0 Å². The van der Waals surface area contributed by atoms with Crippen LogP contribution >= 0.6 is 0 Å². The second-order valence-electron chi connectivity index (χ2n) is 4.72. The van der Waals surface area contributed by atoms with Gasteiger partial charge >= 0.3 is 0 Å². The monoisotopic (exact) mass is 283 g/mol. The average Bonchev–Trinajstić information content (AvgIpc) is 2.34. The lowest BCUT2D eigenvalue weighted by Gasteiger charge is -2.18. The van der Waals surface area contributed by atoms with E-state index < -0.39 is 29.3 Å². The van der Waals surface area contributed by atoms with Gasteiger partial charge in [0.05, 0.1) is 6.04 Å². The summed E-state index contributed by atoms with van der Waals surface area (Å²) in [5.74, 6) is -4.90. The van der Waals surface area contributed by atoms with Crippen LogP contribution < -0.4 is 5.73 Å². The Morgan fingerprint density at radius 3 is 2.15 bits per heavy atom. The molecule has 0 aliphatic heterocycles. The van der Waals surface area contributed by atoms with E-state index in [0.29, 0.717) is 11.1 Å². The van der Waals surface area contributed by atoms with Crippen LogP contribution in [-0.4, -0.2) is 0 Å². The fourth-order valence-corrected chi connectivity index (χ4v) is 2.26. The molecular weight excluding hydrogens is 270 g/mol. The Balaban J connectivity index is 2.58. The maximum Gasteiger partial charge on any atom is 0.194 e. The number of hydrogen-bond donors (Lipinski definition) is 1. The van der Waals surface area contributed by atoms with Gasteiger partial charge in [-0.15, -0.1) is 0 Å². The maximum absolute atomic E-state index is 14.0. The molecule has 1 nitrogen and oxygen atoms in total. The Bertz CT molecular complexity index is 644. The predicted octanol–water partition coefficient (Wildman–Crippen LogP) is 3.91. The highest BCUT2D eigenvalue weighted by molar-refractivity contribution is 5.40. The third kappa shape index (κ3) is 2.41. The third-order valence-electron chi connectivity index (χ3n) is 3.19. The highest BCUT2D eigenvalue weighted by Crippen LogP contribution is 2.29. The predicted molar refractivity (Wildman–Crippen MR) is 68.2 cm³/mol. The molecule has 0 aliphatic rings. The summed E-state index contributed by atoms with van der Waals surface area (Å²) >= 11 is 0. The van der Waals surface area contributed by atoms with E-state index in [4.69, 9.17) is 5.73 Å². The van der Waals surface area contributed by atoms with Crippen molar-refractivity contribution in [2.45, 2.75) is 19.9 Å². The quantitative estimate of drug-likeness (QED) is 0.656. The van der Waals surface area contributed by atoms with Crippen LogP contribution in [0.5, 0.6) is 0 Å². The number of aryl methyl sites for hydroxylation is 2. The van der Waals surface area contributed by atoms with Crippen molar-refractivity contribution in [1.29, 1.82) is 0 Å². The Kier molecular flexibility index (Phi) is 3.81. The fraction of sp³-hybridized carbons (Fsp3) is 0.200. The van der Waals surface area contributed by atoms with Gasteiger partial charge in [0.2, 0.25) is 0 Å². The molecular formula is C15H13F4N. The first-order chi connectivity index (χ1) is 9.32. The van der Waals surface area contributed by atoms with Gasteiger partial charge < -0.3 is 5.73 Å². The smallest absolute Gasteiger partial charge is 0.194 e. The van der Waals surface area contributed by atoms with Crippen LogP contribution in [0.1, 0.15) is 28.3 Å². The van der Waals surface area contributed by atoms with Crippen molar-refractivity contribution in [3.63, 3.8) is 0 Å². The van der Waals surface area contributed by atoms with Crippen LogP contribution in [0.25, 0.3) is 0 Å². The molecule has 2 aromatic carbocycles. The summed E-state index contributed by atoms with van der Waals surface area (Å²) in [5, 5.41) is 0. The lowest BCUT2D eigenvalue weighted by Crippen LogP contribution is -2.18. The molecule has 1 unspecified atom stereocenters. The third-order valence-corrected chi connectivity index (χ3v) is 3.19. The van der Waals surface area contributed by atoms with Gasteiger partial charge in [0.15, 0.2) is 17.5 Å². The Morgan fingerprint density at radius 1 is 0.900 bits per heavy atom. The van der Waals surface area contributed by atoms with Crippen LogP contribution in [0.4, 0.5) is 17.6 Å². The summed E-state index contributed by atoms with van der Waals surface area (Å²) in [7, 11) is 0. The van der Waals surface area contributed by atoms with Crippen LogP contribution in [0.15, 0.2) is 24.3 Å². The molecule has 20 heavy (non-hydrogen) atoms. The van der Waals surface area contributed by atoms with Gasteiger partial charge in [0, 0.05) is 11.1 Å². The minimum Gasteiger partial charge on any atom is -0.320 e. The van der Waals surface area contributed by atoms with Crippen LogP contribution in [0, 0.1) is 37.1 Å². The molecule has 2 aromatic rings. The number of nitrogens with two attached hydrogens (primary N) is 1. The molecule has 5 heteroatoms. The molecule has 0 fully saturated rings. The normalized spacial score (nSPS) is 12.6. The Morgan fingerprint density at radius 2 is 1.55 bits per heavy atom. The second-order valence-corrected chi connectivity index (χ2v) is 4.72. The van der Waals surface area contributed by atoms with Gasteiger partial charge in [-0.1, -0.05) is 12.1 Å². The fourth-order valence-electron chi connectivity index (χ4n) is 2.26. The van der Waals surface area contributed by atoms with Crippen molar-refractivity contribution in [2.75, 3.05) is 0 Å². The lowest BCUT2D eigenvalue weighted by atomic mass is 9.93. The van der Waals surface area contributed by atoms with E-state index in [2.05, 4.69) is 0 Å². The molecule has 0 spiro atoms. The van der Waals surface area contributed by atoms with Gasteiger partial charge in [0.1, 0.15) is 5.82 Å². The molecule has 0 saturated heterocycles. The summed E-state index contributed by atoms with van der Waals surface area (Å²) in [6.07, 6.45) is 0. The minimum absolute atomic E-state index is 0.0699. The first-order valence-electron chi connectivity index (χ1n) is 5.98. The maximum atomic E-state index is 14.0. The van der Waals surface area contributed by atoms with Gasteiger partial charge in [-0.3, -0.25) is 0 Å². The molecule has 0 amide bonds. The number of hydrogen-bond acceptors (Lipinski definition) is 1. The van der Waals surface area contributed by atoms with E-state index >= 15 is 0 Å². The standard InChI is InChI=1S/C15H13F4N/c1-7-5-8(2)12(11(17)6-7)15(20)9-3-4-10(16)14(19)13(9)18/h3-6,15H,20H2,1-2H3. The van der Waals surface area contributed by atoms with E-state index in [-0.39, 0.29) is 11.1 Å². The molecule has 0 aromatic heterocycles. The molecule has 0 radical (unpaired) electrons. The largest absolute Gasteiger partial charge is 0.320 e. The summed E-state index contributed by atoms with van der Waals surface area (Å²) < 4.78 is 53.9. The molecule has 0 bridgehead atoms. The van der Waals surface area contributed by atoms with E-state index in [1.165, 1.54) is 6.07 Å². The average molecular weight is 283 g/mol. The number of benzene rings is 2. The first kappa shape index (κ1) is 14.5. The van der Waals surface area contributed by atoms with Crippen molar-refractivity contribution in [1.82, 2.24) is 0 Å².